The van der Waals surface area contributed by atoms with Crippen LogP contribution in [-0.4, -0.2) is 25.2 Å². The molecule has 3 heteroatoms. The molecule has 0 aliphatic carbocycles. The minimum Gasteiger partial charge on any atom is -0.468 e. The standard InChI is InChI=1S/C8H15NO2/c1-3-4-6-5-7(9-6)8(10)11-2/h6-7,9H,3-5H2,1-2H3. The number of carbonyl (C=O) groups is 1. The van der Waals surface area contributed by atoms with Crippen LogP contribution in [0.5, 0.6) is 0 Å². The maximum Gasteiger partial charge on any atom is 0.322 e. The monoisotopic (exact) mass is 157 g/mol. The van der Waals surface area contributed by atoms with Gasteiger partial charge in [0.25, 0.3) is 0 Å². The molecule has 0 amide bonds. The number of rotatable bonds is 3. The van der Waals surface area contributed by atoms with E-state index >= 15 is 0 Å². The minimum absolute atomic E-state index is 0.0310. The highest BCUT2D eigenvalue weighted by Crippen LogP contribution is 2.16. The van der Waals surface area contributed by atoms with E-state index < -0.39 is 0 Å². The van der Waals surface area contributed by atoms with Gasteiger partial charge in [0.1, 0.15) is 6.04 Å². The fourth-order valence-electron chi connectivity index (χ4n) is 1.40. The van der Waals surface area contributed by atoms with Gasteiger partial charge in [-0.1, -0.05) is 13.3 Å². The van der Waals surface area contributed by atoms with E-state index in [1.807, 2.05) is 0 Å². The highest BCUT2D eigenvalue weighted by Gasteiger charge is 2.33. The van der Waals surface area contributed by atoms with E-state index in [1.54, 1.807) is 0 Å². The van der Waals surface area contributed by atoms with Gasteiger partial charge in [0.05, 0.1) is 7.11 Å². The normalized spacial score (nSPS) is 29.3. The molecule has 64 valence electrons. The molecule has 1 N–H and O–H groups in total. The van der Waals surface area contributed by atoms with Crippen molar-refractivity contribution in [3.63, 3.8) is 0 Å². The van der Waals surface area contributed by atoms with Gasteiger partial charge in [-0.25, -0.2) is 0 Å². The molecule has 0 bridgehead atoms. The summed E-state index contributed by atoms with van der Waals surface area (Å²) in [7, 11) is 1.43. The van der Waals surface area contributed by atoms with Crippen LogP contribution >= 0.6 is 0 Å². The number of carbonyl (C=O) groups excluding carboxylic acids is 1. The molecule has 0 aromatic rings. The molecule has 0 saturated carbocycles. The topological polar surface area (TPSA) is 38.3 Å². The molecule has 0 spiro atoms. The average molecular weight is 157 g/mol. The molecule has 1 saturated heterocycles. The number of esters is 1. The van der Waals surface area contributed by atoms with Gasteiger partial charge >= 0.3 is 5.97 Å². The number of nitrogens with one attached hydrogen (secondary N) is 1. The second-order valence-corrected chi connectivity index (χ2v) is 2.96. The summed E-state index contributed by atoms with van der Waals surface area (Å²) in [6.07, 6.45) is 3.28. The molecule has 1 aliphatic rings. The Morgan fingerprint density at radius 3 is 2.82 bits per heavy atom. The van der Waals surface area contributed by atoms with Crippen LogP contribution in [0.25, 0.3) is 0 Å². The van der Waals surface area contributed by atoms with E-state index in [4.69, 9.17) is 0 Å². The second-order valence-electron chi connectivity index (χ2n) is 2.96. The maximum absolute atomic E-state index is 10.9. The summed E-state index contributed by atoms with van der Waals surface area (Å²) in [5.41, 5.74) is 0. The van der Waals surface area contributed by atoms with Gasteiger partial charge in [-0.2, -0.15) is 0 Å². The van der Waals surface area contributed by atoms with Crippen LogP contribution < -0.4 is 5.32 Å². The van der Waals surface area contributed by atoms with E-state index in [1.165, 1.54) is 13.5 Å². The summed E-state index contributed by atoms with van der Waals surface area (Å²) >= 11 is 0. The lowest BCUT2D eigenvalue weighted by molar-refractivity contribution is -0.146. The van der Waals surface area contributed by atoms with Gasteiger partial charge in [-0.15, -0.1) is 0 Å². The summed E-state index contributed by atoms with van der Waals surface area (Å²) < 4.78 is 4.58. The zero-order valence-corrected chi connectivity index (χ0v) is 7.09. The van der Waals surface area contributed by atoms with E-state index in [0.717, 1.165) is 12.8 Å². The summed E-state index contributed by atoms with van der Waals surface area (Å²) in [5.74, 6) is -0.127. The predicted octanol–water partition coefficient (Wildman–Crippen LogP) is 0.690. The summed E-state index contributed by atoms with van der Waals surface area (Å²) in [6, 6.07) is 0.514. The van der Waals surface area contributed by atoms with Crippen LogP contribution in [0.3, 0.4) is 0 Å². The molecule has 1 fully saturated rings. The molecule has 0 aromatic heterocycles. The molecule has 0 aromatic carbocycles. The fourth-order valence-corrected chi connectivity index (χ4v) is 1.40. The third-order valence-electron chi connectivity index (χ3n) is 2.08. The first-order chi connectivity index (χ1) is 5.27. The third kappa shape index (κ3) is 1.93. The van der Waals surface area contributed by atoms with Gasteiger partial charge in [0.2, 0.25) is 0 Å². The Morgan fingerprint density at radius 2 is 2.36 bits per heavy atom. The van der Waals surface area contributed by atoms with Crippen molar-refractivity contribution >= 4 is 5.97 Å². The van der Waals surface area contributed by atoms with Crippen molar-refractivity contribution in [3.8, 4) is 0 Å². The SMILES string of the molecule is CCCC1CC(C(=O)OC)N1. The molecule has 1 heterocycles. The Balaban J connectivity index is 2.13. The lowest BCUT2D eigenvalue weighted by Gasteiger charge is -2.34. The van der Waals surface area contributed by atoms with Crippen LogP contribution in [0.15, 0.2) is 0 Å². The predicted molar refractivity (Wildman–Crippen MR) is 42.3 cm³/mol. The molecule has 11 heavy (non-hydrogen) atoms. The Bertz CT molecular complexity index is 141. The fraction of sp³-hybridized carbons (Fsp3) is 0.875. The molecule has 2 atom stereocenters. The smallest absolute Gasteiger partial charge is 0.322 e. The van der Waals surface area contributed by atoms with Crippen molar-refractivity contribution in [3.05, 3.63) is 0 Å². The van der Waals surface area contributed by atoms with Crippen LogP contribution in [0.1, 0.15) is 26.2 Å². The number of methoxy groups -OCH3 is 1. The number of hydrogen-bond donors (Lipinski definition) is 1. The quantitative estimate of drug-likeness (QED) is 0.612. The highest BCUT2D eigenvalue weighted by molar-refractivity contribution is 5.76. The van der Waals surface area contributed by atoms with Crippen molar-refractivity contribution < 1.29 is 9.53 Å². The molecular weight excluding hydrogens is 142 g/mol. The zero-order valence-electron chi connectivity index (χ0n) is 7.09. The Kier molecular flexibility index (Phi) is 2.88. The van der Waals surface area contributed by atoms with Gasteiger partial charge in [-0.05, 0) is 12.8 Å². The molecule has 2 unspecified atom stereocenters. The van der Waals surface area contributed by atoms with Gasteiger partial charge in [0.15, 0.2) is 0 Å². The van der Waals surface area contributed by atoms with Crippen LogP contribution in [0.2, 0.25) is 0 Å². The Hall–Kier alpha value is -0.570. The molecule has 3 nitrogen and oxygen atoms in total. The van der Waals surface area contributed by atoms with E-state index in [9.17, 15) is 4.79 Å². The zero-order chi connectivity index (χ0) is 8.27. The average Bonchev–Trinajstić information content (AvgIpc) is 1.94. The van der Waals surface area contributed by atoms with Gasteiger partial charge in [-0.3, -0.25) is 4.79 Å². The Labute approximate surface area is 67.1 Å². The van der Waals surface area contributed by atoms with Crippen molar-refractivity contribution in [2.75, 3.05) is 7.11 Å². The van der Waals surface area contributed by atoms with Crippen LogP contribution in [0, 0.1) is 0 Å². The summed E-state index contributed by atoms with van der Waals surface area (Å²) in [4.78, 5) is 10.9. The first-order valence-electron chi connectivity index (χ1n) is 4.11. The van der Waals surface area contributed by atoms with Crippen molar-refractivity contribution in [2.45, 2.75) is 38.3 Å². The Morgan fingerprint density at radius 1 is 1.73 bits per heavy atom. The van der Waals surface area contributed by atoms with Crippen molar-refractivity contribution in [1.29, 1.82) is 0 Å². The minimum atomic E-state index is -0.127. The summed E-state index contributed by atoms with van der Waals surface area (Å²) in [6.45, 7) is 2.15. The number of ether oxygens (including phenoxy) is 1. The van der Waals surface area contributed by atoms with E-state index in [2.05, 4.69) is 17.0 Å². The van der Waals surface area contributed by atoms with Crippen molar-refractivity contribution in [2.24, 2.45) is 0 Å². The van der Waals surface area contributed by atoms with Gasteiger partial charge < -0.3 is 10.1 Å². The first-order valence-corrected chi connectivity index (χ1v) is 4.11. The van der Waals surface area contributed by atoms with Crippen LogP contribution in [-0.2, 0) is 9.53 Å². The first kappa shape index (κ1) is 8.53. The largest absolute Gasteiger partial charge is 0.468 e. The number of hydrogen-bond acceptors (Lipinski definition) is 3. The molecule has 0 radical (unpaired) electrons. The van der Waals surface area contributed by atoms with E-state index in [0.29, 0.717) is 6.04 Å². The lowest BCUT2D eigenvalue weighted by Crippen LogP contribution is -2.56. The van der Waals surface area contributed by atoms with Gasteiger partial charge in [0, 0.05) is 6.04 Å². The third-order valence-corrected chi connectivity index (χ3v) is 2.08. The maximum atomic E-state index is 10.9. The summed E-state index contributed by atoms with van der Waals surface area (Å²) in [5, 5.41) is 3.16. The lowest BCUT2D eigenvalue weighted by atomic mass is 9.94. The second kappa shape index (κ2) is 3.72. The molecule has 1 aliphatic heterocycles. The molecule has 1 rings (SSSR count). The van der Waals surface area contributed by atoms with Crippen LogP contribution in [0.4, 0.5) is 0 Å². The van der Waals surface area contributed by atoms with E-state index in [-0.39, 0.29) is 12.0 Å². The highest BCUT2D eigenvalue weighted by atomic mass is 16.5. The molecular formula is C8H15NO2. The van der Waals surface area contributed by atoms with Crippen molar-refractivity contribution in [1.82, 2.24) is 5.32 Å².